The second kappa shape index (κ2) is 6.17. The van der Waals surface area contributed by atoms with Crippen molar-refractivity contribution in [2.24, 2.45) is 5.41 Å². The minimum Gasteiger partial charge on any atom is -0.496 e. The Kier molecular flexibility index (Phi) is 4.20. The quantitative estimate of drug-likeness (QED) is 0.755. The van der Waals surface area contributed by atoms with E-state index in [4.69, 9.17) is 4.74 Å². The molecule has 2 bridgehead atoms. The van der Waals surface area contributed by atoms with Crippen LogP contribution < -0.4 is 4.74 Å². The standard InChI is InChI=1S/C22H32N2O2/c1-21(2)19-15-16-17(9-8-10-18(16)26-4)22(21,3)11-14-24(19)20(25)23-12-6-5-7-13-23/h8-10,19H,5-7,11-15H2,1-4H3/t19-,22+/m1/s1. The van der Waals surface area contributed by atoms with Gasteiger partial charge in [0.2, 0.25) is 0 Å². The van der Waals surface area contributed by atoms with Crippen LogP contribution in [-0.2, 0) is 11.8 Å². The lowest BCUT2D eigenvalue weighted by Crippen LogP contribution is -2.66. The largest absolute Gasteiger partial charge is 0.496 e. The molecule has 0 aromatic heterocycles. The van der Waals surface area contributed by atoms with Crippen LogP contribution in [0.25, 0.3) is 0 Å². The predicted octanol–water partition coefficient (Wildman–Crippen LogP) is 4.22. The molecule has 2 atom stereocenters. The Morgan fingerprint density at radius 3 is 2.54 bits per heavy atom. The van der Waals surface area contributed by atoms with Gasteiger partial charge in [0.15, 0.2) is 0 Å². The van der Waals surface area contributed by atoms with E-state index in [1.165, 1.54) is 17.5 Å². The van der Waals surface area contributed by atoms with Crippen LogP contribution in [0.2, 0.25) is 0 Å². The molecule has 142 valence electrons. The summed E-state index contributed by atoms with van der Waals surface area (Å²) in [5.74, 6) is 0.974. The fourth-order valence-electron chi connectivity index (χ4n) is 5.60. The molecular formula is C22H32N2O2. The number of hydrogen-bond donors (Lipinski definition) is 0. The van der Waals surface area contributed by atoms with E-state index in [2.05, 4.69) is 48.8 Å². The molecule has 2 heterocycles. The first-order chi connectivity index (χ1) is 12.4. The van der Waals surface area contributed by atoms with Crippen LogP contribution in [0.3, 0.4) is 0 Å². The van der Waals surface area contributed by atoms with Crippen LogP contribution in [0, 0.1) is 5.41 Å². The summed E-state index contributed by atoms with van der Waals surface area (Å²) < 4.78 is 5.69. The minimum absolute atomic E-state index is 0.0378. The number of rotatable bonds is 1. The lowest BCUT2D eigenvalue weighted by atomic mass is 9.51. The average molecular weight is 357 g/mol. The van der Waals surface area contributed by atoms with Crippen molar-refractivity contribution in [2.75, 3.05) is 26.7 Å². The Labute approximate surface area is 157 Å². The van der Waals surface area contributed by atoms with E-state index in [0.717, 1.165) is 51.1 Å². The summed E-state index contributed by atoms with van der Waals surface area (Å²) in [6.45, 7) is 9.79. The smallest absolute Gasteiger partial charge is 0.320 e. The molecule has 2 fully saturated rings. The number of ether oxygens (including phenoxy) is 1. The molecule has 2 amide bonds. The van der Waals surface area contributed by atoms with Crippen molar-refractivity contribution in [3.05, 3.63) is 29.3 Å². The molecule has 4 rings (SSSR count). The van der Waals surface area contributed by atoms with Crippen LogP contribution >= 0.6 is 0 Å². The average Bonchev–Trinajstić information content (AvgIpc) is 2.64. The lowest BCUT2D eigenvalue weighted by molar-refractivity contribution is -0.0247. The van der Waals surface area contributed by atoms with Gasteiger partial charge in [-0.25, -0.2) is 4.79 Å². The highest BCUT2D eigenvalue weighted by Crippen LogP contribution is 2.57. The number of benzene rings is 1. The van der Waals surface area contributed by atoms with Gasteiger partial charge in [-0.3, -0.25) is 0 Å². The first-order valence-electron chi connectivity index (χ1n) is 10.1. The molecule has 2 saturated heterocycles. The van der Waals surface area contributed by atoms with E-state index in [9.17, 15) is 4.79 Å². The lowest BCUT2D eigenvalue weighted by Gasteiger charge is -2.61. The van der Waals surface area contributed by atoms with E-state index in [-0.39, 0.29) is 22.9 Å². The number of piperidine rings is 2. The van der Waals surface area contributed by atoms with Crippen LogP contribution in [0.4, 0.5) is 4.79 Å². The summed E-state index contributed by atoms with van der Waals surface area (Å²) in [5, 5.41) is 0. The van der Waals surface area contributed by atoms with E-state index in [0.29, 0.717) is 0 Å². The molecule has 0 N–H and O–H groups in total. The topological polar surface area (TPSA) is 32.8 Å². The van der Waals surface area contributed by atoms with Crippen LogP contribution in [0.15, 0.2) is 18.2 Å². The van der Waals surface area contributed by atoms with Crippen LogP contribution in [0.1, 0.15) is 57.6 Å². The molecule has 0 unspecified atom stereocenters. The first-order valence-corrected chi connectivity index (χ1v) is 10.1. The predicted molar refractivity (Wildman–Crippen MR) is 104 cm³/mol. The van der Waals surface area contributed by atoms with Gasteiger partial charge >= 0.3 is 6.03 Å². The van der Waals surface area contributed by atoms with Gasteiger partial charge in [-0.05, 0) is 54.7 Å². The minimum atomic E-state index is 0.0378. The van der Waals surface area contributed by atoms with Gasteiger partial charge in [-0.2, -0.15) is 0 Å². The zero-order valence-electron chi connectivity index (χ0n) is 16.7. The van der Waals surface area contributed by atoms with Crippen molar-refractivity contribution in [1.82, 2.24) is 9.80 Å². The fraction of sp³-hybridized carbons (Fsp3) is 0.682. The van der Waals surface area contributed by atoms with Crippen molar-refractivity contribution in [2.45, 2.75) is 64.3 Å². The van der Waals surface area contributed by atoms with Crippen molar-refractivity contribution < 1.29 is 9.53 Å². The summed E-state index contributed by atoms with van der Waals surface area (Å²) in [7, 11) is 1.75. The van der Waals surface area contributed by atoms with Crippen molar-refractivity contribution in [1.29, 1.82) is 0 Å². The third kappa shape index (κ3) is 2.37. The van der Waals surface area contributed by atoms with Gasteiger partial charge in [-0.1, -0.05) is 32.9 Å². The zero-order chi connectivity index (χ0) is 18.5. The summed E-state index contributed by atoms with van der Waals surface area (Å²) in [6.07, 6.45) is 5.43. The number of hydrogen-bond acceptors (Lipinski definition) is 2. The Hall–Kier alpha value is -1.71. The summed E-state index contributed by atoms with van der Waals surface area (Å²) in [6, 6.07) is 6.93. The maximum Gasteiger partial charge on any atom is 0.320 e. The molecule has 3 aliphatic rings. The molecule has 2 aliphatic heterocycles. The maximum absolute atomic E-state index is 13.3. The normalized spacial score (nSPS) is 29.9. The maximum atomic E-state index is 13.3. The van der Waals surface area contributed by atoms with Gasteiger partial charge in [-0.15, -0.1) is 0 Å². The number of amides is 2. The van der Waals surface area contributed by atoms with Gasteiger partial charge in [0, 0.05) is 31.1 Å². The van der Waals surface area contributed by atoms with Crippen LogP contribution in [0.5, 0.6) is 5.75 Å². The molecule has 1 aromatic rings. The highest BCUT2D eigenvalue weighted by Gasteiger charge is 2.57. The van der Waals surface area contributed by atoms with Crippen molar-refractivity contribution in [3.8, 4) is 5.75 Å². The highest BCUT2D eigenvalue weighted by atomic mass is 16.5. The molecular weight excluding hydrogens is 324 g/mol. The van der Waals surface area contributed by atoms with Crippen molar-refractivity contribution in [3.63, 3.8) is 0 Å². The summed E-state index contributed by atoms with van der Waals surface area (Å²) in [4.78, 5) is 17.6. The van der Waals surface area contributed by atoms with Gasteiger partial charge in [0.05, 0.1) is 7.11 Å². The molecule has 0 radical (unpaired) electrons. The van der Waals surface area contributed by atoms with Crippen LogP contribution in [-0.4, -0.2) is 48.6 Å². The van der Waals surface area contributed by atoms with Gasteiger partial charge in [0.1, 0.15) is 5.75 Å². The second-order valence-corrected chi connectivity index (χ2v) is 9.03. The number of carbonyl (C=O) groups excluding carboxylic acids is 1. The number of urea groups is 1. The molecule has 26 heavy (non-hydrogen) atoms. The Morgan fingerprint density at radius 1 is 1.12 bits per heavy atom. The SMILES string of the molecule is COc1cccc2c1C[C@H]1N(C(=O)N3CCCCC3)CC[C@]2(C)C1(C)C. The molecule has 1 aromatic carbocycles. The number of nitrogens with zero attached hydrogens (tertiary/aromatic N) is 2. The molecule has 4 nitrogen and oxygen atoms in total. The number of carbonyl (C=O) groups is 1. The highest BCUT2D eigenvalue weighted by molar-refractivity contribution is 5.76. The van der Waals surface area contributed by atoms with E-state index in [1.807, 2.05) is 0 Å². The second-order valence-electron chi connectivity index (χ2n) is 9.03. The number of methoxy groups -OCH3 is 1. The first kappa shape index (κ1) is 17.7. The Morgan fingerprint density at radius 2 is 1.85 bits per heavy atom. The van der Waals surface area contributed by atoms with Gasteiger partial charge in [0.25, 0.3) is 0 Å². The molecule has 0 saturated carbocycles. The number of likely N-dealkylation sites (tertiary alicyclic amines) is 2. The third-order valence-electron chi connectivity index (χ3n) is 7.70. The molecule has 4 heteroatoms. The Bertz CT molecular complexity index is 708. The van der Waals surface area contributed by atoms with Crippen molar-refractivity contribution >= 4 is 6.03 Å². The molecule has 0 spiro atoms. The zero-order valence-corrected chi connectivity index (χ0v) is 16.7. The van der Waals surface area contributed by atoms with E-state index in [1.54, 1.807) is 7.11 Å². The summed E-state index contributed by atoms with van der Waals surface area (Å²) in [5.41, 5.74) is 2.83. The van der Waals surface area contributed by atoms with E-state index < -0.39 is 0 Å². The summed E-state index contributed by atoms with van der Waals surface area (Å²) >= 11 is 0. The number of fused-ring (bicyclic) bond motifs is 4. The molecule has 1 aliphatic carbocycles. The monoisotopic (exact) mass is 356 g/mol. The fourth-order valence-corrected chi connectivity index (χ4v) is 5.60. The third-order valence-corrected chi connectivity index (χ3v) is 7.70. The van der Waals surface area contributed by atoms with Gasteiger partial charge < -0.3 is 14.5 Å². The van der Waals surface area contributed by atoms with E-state index >= 15 is 0 Å². The Balaban J connectivity index is 1.73.